The Morgan fingerprint density at radius 1 is 1.09 bits per heavy atom. The van der Waals surface area contributed by atoms with E-state index in [2.05, 4.69) is 0 Å². The average molecular weight is 456 g/mol. The molecule has 0 spiro atoms. The van der Waals surface area contributed by atoms with Gasteiger partial charge in [-0.1, -0.05) is 0 Å². The second-order valence-corrected chi connectivity index (χ2v) is 9.38. The van der Waals surface area contributed by atoms with Crippen molar-refractivity contribution in [3.63, 3.8) is 0 Å². The molecule has 0 bridgehead atoms. The lowest BCUT2D eigenvalue weighted by molar-refractivity contribution is -0.136. The third-order valence-electron chi connectivity index (χ3n) is 7.05. The number of hydrogen-bond donors (Lipinski definition) is 5. The second kappa shape index (κ2) is 7.51. The first-order chi connectivity index (χ1) is 15.4. The highest BCUT2D eigenvalue weighted by Crippen LogP contribution is 2.52. The van der Waals surface area contributed by atoms with Gasteiger partial charge in [0.2, 0.25) is 0 Å². The quantitative estimate of drug-likeness (QED) is 0.188. The minimum Gasteiger partial charge on any atom is -0.510 e. The van der Waals surface area contributed by atoms with Crippen molar-refractivity contribution < 1.29 is 29.7 Å². The molecule has 1 fully saturated rings. The van der Waals surface area contributed by atoms with E-state index in [1.807, 2.05) is 0 Å². The molecule has 3 unspecified atom stereocenters. The van der Waals surface area contributed by atoms with Crippen LogP contribution < -0.4 is 16.4 Å². The van der Waals surface area contributed by atoms with E-state index in [4.69, 9.17) is 11.5 Å². The van der Waals surface area contributed by atoms with Crippen molar-refractivity contribution >= 4 is 34.6 Å². The minimum absolute atomic E-state index is 0.0328. The normalized spacial score (nSPS) is 26.8. The van der Waals surface area contributed by atoms with Crippen LogP contribution >= 0.6 is 0 Å². The van der Waals surface area contributed by atoms with Crippen LogP contribution in [0.3, 0.4) is 0 Å². The summed E-state index contributed by atoms with van der Waals surface area (Å²) in [6.07, 6.45) is 0.629. The van der Waals surface area contributed by atoms with Crippen LogP contribution in [-0.4, -0.2) is 71.9 Å². The number of primary amides is 1. The summed E-state index contributed by atoms with van der Waals surface area (Å²) in [5, 5.41) is 32.5. The maximum Gasteiger partial charge on any atom is 0.255 e. The summed E-state index contributed by atoms with van der Waals surface area (Å²) in [4.78, 5) is 42.2. The van der Waals surface area contributed by atoms with E-state index in [9.17, 15) is 29.7 Å². The zero-order valence-electron chi connectivity index (χ0n) is 18.9. The highest BCUT2D eigenvalue weighted by atomic mass is 16.3. The second-order valence-electron chi connectivity index (χ2n) is 9.38. The summed E-state index contributed by atoms with van der Waals surface area (Å²) in [6.45, 7) is 0. The van der Waals surface area contributed by atoms with Gasteiger partial charge in [0.25, 0.3) is 5.91 Å². The van der Waals surface area contributed by atoms with Crippen LogP contribution in [0.15, 0.2) is 23.0 Å². The van der Waals surface area contributed by atoms with Crippen molar-refractivity contribution in [2.45, 2.75) is 18.9 Å². The number of nitrogen functional groups attached to an aromatic ring is 1. The van der Waals surface area contributed by atoms with E-state index in [0.29, 0.717) is 24.1 Å². The molecule has 10 nitrogen and oxygen atoms in total. The molecule has 7 N–H and O–H groups in total. The number of phenols is 1. The fourth-order valence-electron chi connectivity index (χ4n) is 5.73. The molecule has 10 heteroatoms. The predicted octanol–water partition coefficient (Wildman–Crippen LogP) is 0.497. The van der Waals surface area contributed by atoms with E-state index in [0.717, 1.165) is 0 Å². The first kappa shape index (κ1) is 22.7. The maximum absolute atomic E-state index is 13.6. The molecular weight excluding hydrogens is 428 g/mol. The SMILES string of the molecule is CN(C)c1cc(N)c(O)c2c1CC1CC3C(C(=O)C(C(N)=O)=C(O)[C@H]3N(C)C)C(=O)C1=C2O. The number of benzene rings is 1. The van der Waals surface area contributed by atoms with Gasteiger partial charge < -0.3 is 31.7 Å². The lowest BCUT2D eigenvalue weighted by atomic mass is 9.59. The van der Waals surface area contributed by atoms with Gasteiger partial charge in [0, 0.05) is 25.4 Å². The Kier molecular flexibility index (Phi) is 5.16. The lowest BCUT2D eigenvalue weighted by Gasteiger charge is -2.46. The van der Waals surface area contributed by atoms with Crippen LogP contribution in [0.1, 0.15) is 17.5 Å². The zero-order valence-corrected chi connectivity index (χ0v) is 18.9. The van der Waals surface area contributed by atoms with Crippen LogP contribution in [0.25, 0.3) is 5.76 Å². The van der Waals surface area contributed by atoms with E-state index in [-0.39, 0.29) is 22.6 Å². The summed E-state index contributed by atoms with van der Waals surface area (Å²) in [6, 6.07) is 0.845. The van der Waals surface area contributed by atoms with Crippen LogP contribution in [0.5, 0.6) is 5.75 Å². The predicted molar refractivity (Wildman–Crippen MR) is 122 cm³/mol. The van der Waals surface area contributed by atoms with E-state index in [1.165, 1.54) is 0 Å². The van der Waals surface area contributed by atoms with Gasteiger partial charge in [0.05, 0.1) is 23.2 Å². The van der Waals surface area contributed by atoms with Gasteiger partial charge in [0.15, 0.2) is 11.6 Å². The average Bonchev–Trinajstić information content (AvgIpc) is 2.69. The first-order valence-electron chi connectivity index (χ1n) is 10.6. The molecule has 0 radical (unpaired) electrons. The number of aliphatic hydroxyl groups is 2. The van der Waals surface area contributed by atoms with Crippen molar-refractivity contribution in [1.82, 2.24) is 4.90 Å². The number of phenolic OH excluding ortho intramolecular Hbond substituents is 1. The molecule has 1 amide bonds. The van der Waals surface area contributed by atoms with Crippen molar-refractivity contribution in [2.24, 2.45) is 23.5 Å². The van der Waals surface area contributed by atoms with Gasteiger partial charge in [-0.25, -0.2) is 0 Å². The molecule has 176 valence electrons. The molecule has 0 saturated heterocycles. The third-order valence-corrected chi connectivity index (χ3v) is 7.05. The number of nitrogens with two attached hydrogens (primary N) is 2. The number of likely N-dealkylation sites (N-methyl/N-ethyl adjacent to an activating group) is 1. The van der Waals surface area contributed by atoms with Gasteiger partial charge in [-0.15, -0.1) is 0 Å². The van der Waals surface area contributed by atoms with E-state index < -0.39 is 58.4 Å². The summed E-state index contributed by atoms with van der Waals surface area (Å²) in [5.41, 5.74) is 12.2. The molecule has 4 atom stereocenters. The van der Waals surface area contributed by atoms with Gasteiger partial charge in [0.1, 0.15) is 22.8 Å². The van der Waals surface area contributed by atoms with E-state index >= 15 is 0 Å². The molecule has 1 aromatic rings. The first-order valence-corrected chi connectivity index (χ1v) is 10.6. The molecule has 33 heavy (non-hydrogen) atoms. The zero-order chi connectivity index (χ0) is 24.5. The number of aromatic hydroxyl groups is 1. The number of Topliss-reactive ketones (excluding diaryl/α,β-unsaturated/α-hetero) is 2. The molecule has 0 aromatic heterocycles. The smallest absolute Gasteiger partial charge is 0.255 e. The molecule has 0 aliphatic heterocycles. The Bertz CT molecular complexity index is 1170. The van der Waals surface area contributed by atoms with Crippen molar-refractivity contribution in [1.29, 1.82) is 0 Å². The fraction of sp³-hybridized carbons (Fsp3) is 0.435. The number of anilines is 2. The Morgan fingerprint density at radius 3 is 2.27 bits per heavy atom. The monoisotopic (exact) mass is 456 g/mol. The molecule has 0 heterocycles. The van der Waals surface area contributed by atoms with Gasteiger partial charge in [-0.05, 0) is 50.4 Å². The van der Waals surface area contributed by atoms with Gasteiger partial charge in [-0.3, -0.25) is 19.3 Å². The minimum atomic E-state index is -1.28. The summed E-state index contributed by atoms with van der Waals surface area (Å²) >= 11 is 0. The number of carbonyl (C=O) groups excluding carboxylic acids is 3. The number of ketones is 2. The van der Waals surface area contributed by atoms with Crippen LogP contribution in [-0.2, 0) is 20.8 Å². The van der Waals surface area contributed by atoms with Crippen LogP contribution in [0.4, 0.5) is 11.4 Å². The van der Waals surface area contributed by atoms with Crippen molar-refractivity contribution in [3.05, 3.63) is 34.1 Å². The number of amides is 1. The molecular formula is C23H28N4O6. The number of allylic oxidation sites excluding steroid dienone is 1. The summed E-state index contributed by atoms with van der Waals surface area (Å²) in [5.74, 6) is -6.09. The van der Waals surface area contributed by atoms with Crippen LogP contribution in [0.2, 0.25) is 0 Å². The molecule has 3 aliphatic carbocycles. The summed E-state index contributed by atoms with van der Waals surface area (Å²) < 4.78 is 0. The van der Waals surface area contributed by atoms with E-state index in [1.54, 1.807) is 44.1 Å². The number of hydrogen-bond acceptors (Lipinski definition) is 9. The third kappa shape index (κ3) is 3.08. The number of nitrogens with zero attached hydrogens (tertiary/aromatic N) is 2. The number of rotatable bonds is 3. The van der Waals surface area contributed by atoms with Crippen molar-refractivity contribution in [3.8, 4) is 5.75 Å². The fourth-order valence-corrected chi connectivity index (χ4v) is 5.73. The topological polar surface area (TPSA) is 170 Å². The van der Waals surface area contributed by atoms with Crippen LogP contribution in [0, 0.1) is 17.8 Å². The Hall–Kier alpha value is -3.53. The van der Waals surface area contributed by atoms with Gasteiger partial charge in [-0.2, -0.15) is 0 Å². The largest absolute Gasteiger partial charge is 0.510 e. The standard InChI is InChI=1S/C23H28N4O6/c1-26(2)12-7-11(24)18(28)14-9(12)5-8-6-10-15(20(30)13(8)19(14)29)21(31)16(23(25)33)22(32)17(10)27(3)4/h7-8,10,15,17,28-29,32H,5-6,24H2,1-4H3,(H2,25,33)/t8?,10?,15?,17-/m0/s1. The number of aliphatic hydroxyl groups excluding tert-OH is 2. The highest BCUT2D eigenvalue weighted by Gasteiger charge is 2.55. The molecule has 1 aromatic carbocycles. The Morgan fingerprint density at radius 2 is 1.73 bits per heavy atom. The molecule has 4 rings (SSSR count). The molecule has 3 aliphatic rings. The summed E-state index contributed by atoms with van der Waals surface area (Å²) in [7, 11) is 6.97. The maximum atomic E-state index is 13.6. The number of fused-ring (bicyclic) bond motifs is 3. The molecule has 1 saturated carbocycles. The van der Waals surface area contributed by atoms with Gasteiger partial charge >= 0.3 is 0 Å². The number of carbonyl (C=O) groups is 3. The lowest BCUT2D eigenvalue weighted by Crippen LogP contribution is -2.55. The Labute approximate surface area is 190 Å². The Balaban J connectivity index is 1.93. The highest BCUT2D eigenvalue weighted by molar-refractivity contribution is 6.28. The van der Waals surface area contributed by atoms with Crippen molar-refractivity contribution in [2.75, 3.05) is 38.8 Å².